The second-order valence-corrected chi connectivity index (χ2v) is 11.2. The molecule has 0 saturated carbocycles. The highest BCUT2D eigenvalue weighted by Gasteiger charge is 2.29. The first-order valence-electron chi connectivity index (χ1n) is 15.9. The van der Waals surface area contributed by atoms with E-state index in [1.54, 1.807) is 6.92 Å². The second kappa shape index (κ2) is 18.6. The monoisotopic (exact) mass is 680 g/mol. The number of aryl methyl sites for hydroxylation is 2. The number of amides is 4. The van der Waals surface area contributed by atoms with Gasteiger partial charge < -0.3 is 30.3 Å². The molecule has 1 aliphatic rings. The smallest absolute Gasteiger partial charge is 0.411 e. The fourth-order valence-electron chi connectivity index (χ4n) is 4.80. The van der Waals surface area contributed by atoms with Crippen molar-refractivity contribution in [2.45, 2.75) is 53.4 Å². The molecule has 0 bridgehead atoms. The van der Waals surface area contributed by atoms with Crippen LogP contribution in [0.25, 0.3) is 0 Å². The van der Waals surface area contributed by atoms with Crippen LogP contribution in [0.4, 0.5) is 31.7 Å². The van der Waals surface area contributed by atoms with Crippen molar-refractivity contribution in [3.05, 3.63) is 68.9 Å². The van der Waals surface area contributed by atoms with E-state index in [-0.39, 0.29) is 29.4 Å². The number of nitrogens with zero attached hydrogens (tertiary/aromatic N) is 2. The predicted molar refractivity (Wildman–Crippen MR) is 183 cm³/mol. The number of carbonyl (C=O) groups excluding carboxylic acids is 5. The van der Waals surface area contributed by atoms with Gasteiger partial charge in [0.15, 0.2) is 0 Å². The Morgan fingerprint density at radius 2 is 1.61 bits per heavy atom. The zero-order valence-electron chi connectivity index (χ0n) is 28.4. The Bertz CT molecular complexity index is 1670. The van der Waals surface area contributed by atoms with Gasteiger partial charge in [0.05, 0.1) is 19.4 Å². The van der Waals surface area contributed by atoms with Gasteiger partial charge in [0.1, 0.15) is 6.61 Å². The molecule has 1 aromatic carbocycles. The number of benzene rings is 1. The summed E-state index contributed by atoms with van der Waals surface area (Å²) in [5, 5.41) is 13.4. The molecule has 264 valence electrons. The number of ketones is 2. The summed E-state index contributed by atoms with van der Waals surface area (Å²) in [6.07, 6.45) is 3.29. The van der Waals surface area contributed by atoms with Crippen LogP contribution < -0.4 is 37.0 Å². The van der Waals surface area contributed by atoms with Crippen molar-refractivity contribution in [1.82, 2.24) is 25.9 Å². The number of anilines is 3. The average Bonchev–Trinajstić information content (AvgIpc) is 3.05. The molecule has 16 nitrogen and oxygen atoms in total. The molecule has 0 radical (unpaired) electrons. The molecule has 1 aliphatic carbocycles. The van der Waals surface area contributed by atoms with Gasteiger partial charge in [0.2, 0.25) is 17.5 Å². The van der Waals surface area contributed by atoms with Gasteiger partial charge >= 0.3 is 18.2 Å². The van der Waals surface area contributed by atoms with Gasteiger partial charge in [-0.2, -0.15) is 0 Å². The van der Waals surface area contributed by atoms with Crippen molar-refractivity contribution in [3.63, 3.8) is 0 Å². The lowest BCUT2D eigenvalue weighted by Crippen LogP contribution is -2.34. The van der Waals surface area contributed by atoms with E-state index in [2.05, 4.69) is 46.2 Å². The van der Waals surface area contributed by atoms with Crippen LogP contribution in [0.15, 0.2) is 52.1 Å². The van der Waals surface area contributed by atoms with Gasteiger partial charge in [-0.25, -0.2) is 19.4 Å². The highest BCUT2D eigenvalue weighted by atomic mass is 16.5. The number of Topliss-reactive ketones (excluding diaryl/α,β-unsaturated/α-hetero) is 2. The molecule has 0 atom stereocenters. The maximum atomic E-state index is 12.5. The maximum absolute atomic E-state index is 12.5. The first-order chi connectivity index (χ1) is 23.4. The van der Waals surface area contributed by atoms with Crippen LogP contribution in [0.2, 0.25) is 0 Å². The summed E-state index contributed by atoms with van der Waals surface area (Å²) in [5.41, 5.74) is 3.08. The normalized spacial score (nSPS) is 12.6. The zero-order valence-corrected chi connectivity index (χ0v) is 28.4. The van der Waals surface area contributed by atoms with Crippen LogP contribution in [-0.2, 0) is 19.1 Å². The molecule has 0 unspecified atom stereocenters. The number of rotatable bonds is 16. The SMILES string of the molecule is CCN(CCOC(=O)NCCCCCCNC(=O)Nc1nc(C)cc(=O)[nH]1)c1ccc(NC2=C(C)C(=O)C(=O)C(NC(=O)OC)=C2)c(C)c1. The van der Waals surface area contributed by atoms with Gasteiger partial charge in [0.25, 0.3) is 5.56 Å². The van der Waals surface area contributed by atoms with Gasteiger partial charge in [-0.15, -0.1) is 0 Å². The number of aromatic amines is 1. The first-order valence-corrected chi connectivity index (χ1v) is 15.9. The summed E-state index contributed by atoms with van der Waals surface area (Å²) in [6.45, 7) is 9.34. The third-order valence-electron chi connectivity index (χ3n) is 7.49. The number of H-pyrrole nitrogens is 1. The molecule has 0 saturated heterocycles. The lowest BCUT2D eigenvalue weighted by Gasteiger charge is -2.24. The molecule has 2 aromatic rings. The molecule has 1 aromatic heterocycles. The van der Waals surface area contributed by atoms with E-state index >= 15 is 0 Å². The minimum absolute atomic E-state index is 0.0929. The second-order valence-electron chi connectivity index (χ2n) is 11.2. The minimum atomic E-state index is -0.854. The van der Waals surface area contributed by atoms with Crippen molar-refractivity contribution in [3.8, 4) is 0 Å². The third-order valence-corrected chi connectivity index (χ3v) is 7.49. The molecule has 4 amide bonds. The van der Waals surface area contributed by atoms with E-state index in [0.717, 1.165) is 44.0 Å². The zero-order chi connectivity index (χ0) is 35.9. The molecule has 3 rings (SSSR count). The first kappa shape index (κ1) is 37.8. The number of allylic oxidation sites excluding steroid dienone is 3. The summed E-state index contributed by atoms with van der Waals surface area (Å²) in [5.74, 6) is -1.45. The largest absolute Gasteiger partial charge is 0.453 e. The number of unbranched alkanes of at least 4 members (excludes halogenated alkanes) is 3. The Labute approximate surface area is 284 Å². The number of nitrogens with one attached hydrogen (secondary N) is 6. The Balaban J connectivity index is 1.35. The van der Waals surface area contributed by atoms with Crippen LogP contribution in [0.1, 0.15) is 50.8 Å². The molecule has 0 spiro atoms. The molecule has 0 fully saturated rings. The quantitative estimate of drug-likeness (QED) is 0.0859. The lowest BCUT2D eigenvalue weighted by molar-refractivity contribution is -0.132. The van der Waals surface area contributed by atoms with Gasteiger partial charge in [0, 0.05) is 54.0 Å². The standard InChI is InChI=1S/C33H44N8O8/c1-6-41(23-11-12-24(20(2)17-23)37-25-19-26(38-33(47)48-5)29(44)28(43)22(25)4)15-16-49-32(46)35-14-10-8-7-9-13-34-31(45)40-30-36-21(3)18-27(42)39-30/h11-12,17-19,37H,6-10,13-16H2,1-5H3,(H,35,46)(H,38,47)(H3,34,36,39,40,42,45). The van der Waals surface area contributed by atoms with E-state index in [1.165, 1.54) is 19.1 Å². The van der Waals surface area contributed by atoms with Gasteiger partial charge in [-0.3, -0.25) is 30.0 Å². The third kappa shape index (κ3) is 11.8. The molecule has 1 heterocycles. The van der Waals surface area contributed by atoms with Crippen molar-refractivity contribution in [2.75, 3.05) is 55.4 Å². The van der Waals surface area contributed by atoms with Gasteiger partial charge in [-0.05, 0) is 70.4 Å². The fraction of sp³-hybridized carbons (Fsp3) is 0.424. The highest BCUT2D eigenvalue weighted by molar-refractivity contribution is 6.50. The van der Waals surface area contributed by atoms with Crippen LogP contribution >= 0.6 is 0 Å². The van der Waals surface area contributed by atoms with Crippen molar-refractivity contribution in [2.24, 2.45) is 0 Å². The number of hydrogen-bond donors (Lipinski definition) is 6. The van der Waals surface area contributed by atoms with Crippen molar-refractivity contribution < 1.29 is 33.4 Å². The number of alkyl carbamates (subject to hydrolysis) is 2. The lowest BCUT2D eigenvalue weighted by atomic mass is 9.98. The Hall–Kier alpha value is -5.67. The summed E-state index contributed by atoms with van der Waals surface area (Å²) >= 11 is 0. The molecule has 49 heavy (non-hydrogen) atoms. The van der Waals surface area contributed by atoms with Crippen LogP contribution in [0.5, 0.6) is 0 Å². The number of aromatic nitrogens is 2. The number of methoxy groups -OCH3 is 1. The topological polar surface area (TPSA) is 213 Å². The van der Waals surface area contributed by atoms with Crippen LogP contribution in [0.3, 0.4) is 0 Å². The molecule has 6 N–H and O–H groups in total. The molecular formula is C33H44N8O8. The number of likely N-dealkylation sites (N-methyl/N-ethyl adjacent to an activating group) is 1. The molecule has 16 heteroatoms. The fourth-order valence-corrected chi connectivity index (χ4v) is 4.80. The Morgan fingerprint density at radius 1 is 0.898 bits per heavy atom. The summed E-state index contributed by atoms with van der Waals surface area (Å²) in [7, 11) is 1.16. The number of urea groups is 1. The summed E-state index contributed by atoms with van der Waals surface area (Å²) in [6, 6.07) is 6.59. The minimum Gasteiger partial charge on any atom is -0.453 e. The number of carbonyl (C=O) groups is 5. The van der Waals surface area contributed by atoms with Crippen LogP contribution in [-0.4, -0.2) is 79.6 Å². The summed E-state index contributed by atoms with van der Waals surface area (Å²) in [4.78, 5) is 80.5. The number of ether oxygens (including phenoxy) is 2. The van der Waals surface area contributed by atoms with E-state index in [9.17, 15) is 28.8 Å². The Kier molecular flexibility index (Phi) is 14.4. The van der Waals surface area contributed by atoms with Crippen molar-refractivity contribution in [1.29, 1.82) is 0 Å². The summed E-state index contributed by atoms with van der Waals surface area (Å²) < 4.78 is 9.90. The van der Waals surface area contributed by atoms with E-state index in [0.29, 0.717) is 43.3 Å². The van der Waals surface area contributed by atoms with E-state index < -0.39 is 29.8 Å². The molecule has 0 aliphatic heterocycles. The predicted octanol–water partition coefficient (Wildman–Crippen LogP) is 3.40. The molecular weight excluding hydrogens is 636 g/mol. The van der Waals surface area contributed by atoms with Gasteiger partial charge in [-0.1, -0.05) is 12.8 Å². The van der Waals surface area contributed by atoms with Crippen LogP contribution in [0, 0.1) is 13.8 Å². The van der Waals surface area contributed by atoms with Crippen molar-refractivity contribution >= 4 is 47.1 Å². The Morgan fingerprint density at radius 3 is 2.27 bits per heavy atom. The average molecular weight is 681 g/mol. The number of hydrogen-bond acceptors (Lipinski definition) is 11. The van der Waals surface area contributed by atoms with E-state index in [1.807, 2.05) is 32.0 Å². The highest BCUT2D eigenvalue weighted by Crippen LogP contribution is 2.26. The maximum Gasteiger partial charge on any atom is 0.411 e. The van der Waals surface area contributed by atoms with E-state index in [4.69, 9.17) is 4.74 Å².